The van der Waals surface area contributed by atoms with E-state index in [1.54, 1.807) is 0 Å². The number of nitrogens with one attached hydrogen (secondary N) is 1. The van der Waals surface area contributed by atoms with Crippen LogP contribution >= 0.6 is 0 Å². The average Bonchev–Trinajstić information content (AvgIpc) is 3.31. The number of halogens is 1. The van der Waals surface area contributed by atoms with Crippen LogP contribution < -0.4 is 10.1 Å². The maximum atomic E-state index is 13.4. The van der Waals surface area contributed by atoms with E-state index in [9.17, 15) is 14.3 Å². The van der Waals surface area contributed by atoms with Gasteiger partial charge in [0.15, 0.2) is 5.69 Å². The highest BCUT2D eigenvalue weighted by Gasteiger charge is 2.23. The number of pyridine rings is 1. The van der Waals surface area contributed by atoms with Gasteiger partial charge in [-0.3, -0.25) is 4.79 Å². The SMILES string of the molecule is O=C(Nc1cc(F)ccc1OCC1CC1)c1ncccc1O. The highest BCUT2D eigenvalue weighted by molar-refractivity contribution is 6.05. The van der Waals surface area contributed by atoms with Crippen molar-refractivity contribution >= 4 is 11.6 Å². The van der Waals surface area contributed by atoms with Crippen molar-refractivity contribution in [1.29, 1.82) is 0 Å². The number of hydrogen-bond acceptors (Lipinski definition) is 4. The molecule has 1 aromatic heterocycles. The van der Waals surface area contributed by atoms with Crippen LogP contribution in [0.25, 0.3) is 0 Å². The molecule has 1 amide bonds. The van der Waals surface area contributed by atoms with Crippen molar-refractivity contribution in [2.45, 2.75) is 12.8 Å². The van der Waals surface area contributed by atoms with E-state index < -0.39 is 11.7 Å². The van der Waals surface area contributed by atoms with Gasteiger partial charge in [0.1, 0.15) is 17.3 Å². The highest BCUT2D eigenvalue weighted by atomic mass is 19.1. The Bertz CT molecular complexity index is 702. The lowest BCUT2D eigenvalue weighted by Crippen LogP contribution is -2.15. The van der Waals surface area contributed by atoms with Crippen molar-refractivity contribution in [1.82, 2.24) is 4.98 Å². The van der Waals surface area contributed by atoms with Crippen LogP contribution in [0.3, 0.4) is 0 Å². The molecule has 1 aliphatic carbocycles. The number of benzene rings is 1. The molecule has 2 aromatic rings. The van der Waals surface area contributed by atoms with Crippen molar-refractivity contribution in [2.24, 2.45) is 5.92 Å². The normalized spacial score (nSPS) is 13.7. The van der Waals surface area contributed by atoms with E-state index in [-0.39, 0.29) is 17.1 Å². The number of amides is 1. The molecule has 0 aliphatic heterocycles. The van der Waals surface area contributed by atoms with E-state index in [1.807, 2.05) is 0 Å². The van der Waals surface area contributed by atoms with Gasteiger partial charge in [-0.05, 0) is 43.0 Å². The molecule has 0 unspecified atom stereocenters. The van der Waals surface area contributed by atoms with Crippen LogP contribution in [-0.4, -0.2) is 22.6 Å². The third-order valence-corrected chi connectivity index (χ3v) is 3.36. The Kier molecular flexibility index (Phi) is 3.91. The summed E-state index contributed by atoms with van der Waals surface area (Å²) in [6, 6.07) is 6.80. The lowest BCUT2D eigenvalue weighted by Gasteiger charge is -2.12. The van der Waals surface area contributed by atoms with Gasteiger partial charge >= 0.3 is 0 Å². The maximum Gasteiger partial charge on any atom is 0.278 e. The van der Waals surface area contributed by atoms with E-state index >= 15 is 0 Å². The first-order valence-corrected chi connectivity index (χ1v) is 7.01. The summed E-state index contributed by atoms with van der Waals surface area (Å²) in [5, 5.41) is 12.2. The van der Waals surface area contributed by atoms with Gasteiger partial charge in [-0.2, -0.15) is 0 Å². The molecular formula is C16H15FN2O3. The van der Waals surface area contributed by atoms with Crippen LogP contribution in [0, 0.1) is 11.7 Å². The Labute approximate surface area is 126 Å². The molecule has 2 N–H and O–H groups in total. The number of carbonyl (C=O) groups is 1. The van der Waals surface area contributed by atoms with Gasteiger partial charge in [-0.15, -0.1) is 0 Å². The molecule has 1 saturated carbocycles. The molecule has 6 heteroatoms. The molecule has 1 aliphatic rings. The van der Waals surface area contributed by atoms with Gasteiger partial charge in [-0.1, -0.05) is 0 Å². The molecule has 5 nitrogen and oxygen atoms in total. The molecule has 1 heterocycles. The first-order chi connectivity index (χ1) is 10.6. The van der Waals surface area contributed by atoms with E-state index in [0.717, 1.165) is 12.8 Å². The van der Waals surface area contributed by atoms with Crippen LogP contribution in [0.4, 0.5) is 10.1 Å². The minimum absolute atomic E-state index is 0.125. The summed E-state index contributed by atoms with van der Waals surface area (Å²) in [5.74, 6) is -0.415. The van der Waals surface area contributed by atoms with Gasteiger partial charge in [0.25, 0.3) is 5.91 Å². The van der Waals surface area contributed by atoms with Crippen LogP contribution in [-0.2, 0) is 0 Å². The Morgan fingerprint density at radius 1 is 1.41 bits per heavy atom. The Balaban J connectivity index is 1.79. The minimum Gasteiger partial charge on any atom is -0.505 e. The third kappa shape index (κ3) is 3.33. The zero-order valence-electron chi connectivity index (χ0n) is 11.8. The van der Waals surface area contributed by atoms with Gasteiger partial charge in [0.2, 0.25) is 0 Å². The fourth-order valence-electron chi connectivity index (χ4n) is 1.97. The molecule has 0 radical (unpaired) electrons. The summed E-state index contributed by atoms with van der Waals surface area (Å²) in [5.41, 5.74) is 0.0932. The second kappa shape index (κ2) is 6.01. The molecule has 114 valence electrons. The van der Waals surface area contributed by atoms with Gasteiger partial charge in [0.05, 0.1) is 12.3 Å². The topological polar surface area (TPSA) is 71.5 Å². The molecule has 1 aromatic carbocycles. The van der Waals surface area contributed by atoms with Crippen molar-refractivity contribution in [3.05, 3.63) is 48.0 Å². The minimum atomic E-state index is -0.625. The average molecular weight is 302 g/mol. The predicted molar refractivity (Wildman–Crippen MR) is 78.5 cm³/mol. The number of rotatable bonds is 5. The standard InChI is InChI=1S/C16H15FN2O3/c17-11-5-6-14(22-9-10-3-4-10)12(8-11)19-16(21)15-13(20)2-1-7-18-15/h1-2,5-8,10,20H,3-4,9H2,(H,19,21). The zero-order chi connectivity index (χ0) is 15.5. The summed E-state index contributed by atoms with van der Waals surface area (Å²) in [4.78, 5) is 16.0. The van der Waals surface area contributed by atoms with Crippen molar-refractivity contribution in [3.8, 4) is 11.5 Å². The largest absolute Gasteiger partial charge is 0.505 e. The van der Waals surface area contributed by atoms with E-state index in [4.69, 9.17) is 4.74 Å². The zero-order valence-corrected chi connectivity index (χ0v) is 11.8. The molecule has 0 saturated heterocycles. The quantitative estimate of drug-likeness (QED) is 0.890. The molecule has 0 atom stereocenters. The molecule has 3 rings (SSSR count). The highest BCUT2D eigenvalue weighted by Crippen LogP contribution is 2.32. The molecule has 0 bridgehead atoms. The second-order valence-corrected chi connectivity index (χ2v) is 5.22. The first-order valence-electron chi connectivity index (χ1n) is 7.01. The molecule has 22 heavy (non-hydrogen) atoms. The van der Waals surface area contributed by atoms with Crippen LogP contribution in [0.2, 0.25) is 0 Å². The number of aromatic nitrogens is 1. The van der Waals surface area contributed by atoms with Crippen molar-refractivity contribution < 1.29 is 19.0 Å². The first kappa shape index (κ1) is 14.3. The van der Waals surface area contributed by atoms with Gasteiger partial charge < -0.3 is 15.2 Å². The lowest BCUT2D eigenvalue weighted by molar-refractivity contribution is 0.101. The van der Waals surface area contributed by atoms with E-state index in [1.165, 1.54) is 36.5 Å². The number of aromatic hydroxyl groups is 1. The monoisotopic (exact) mass is 302 g/mol. The van der Waals surface area contributed by atoms with Crippen LogP contribution in [0.15, 0.2) is 36.5 Å². The van der Waals surface area contributed by atoms with Crippen LogP contribution in [0.1, 0.15) is 23.3 Å². The van der Waals surface area contributed by atoms with Crippen molar-refractivity contribution in [3.63, 3.8) is 0 Å². The number of nitrogens with zero attached hydrogens (tertiary/aromatic N) is 1. The summed E-state index contributed by atoms with van der Waals surface area (Å²) in [6.45, 7) is 0.545. The van der Waals surface area contributed by atoms with E-state index in [0.29, 0.717) is 18.3 Å². The lowest BCUT2D eigenvalue weighted by atomic mass is 10.2. The fraction of sp³-hybridized carbons (Fsp3) is 0.250. The molecule has 1 fully saturated rings. The van der Waals surface area contributed by atoms with Gasteiger partial charge in [0, 0.05) is 12.3 Å². The predicted octanol–water partition coefficient (Wildman–Crippen LogP) is 2.97. The van der Waals surface area contributed by atoms with Gasteiger partial charge in [-0.25, -0.2) is 9.37 Å². The Morgan fingerprint density at radius 3 is 2.95 bits per heavy atom. The number of hydrogen-bond donors (Lipinski definition) is 2. The smallest absolute Gasteiger partial charge is 0.278 e. The third-order valence-electron chi connectivity index (χ3n) is 3.36. The Morgan fingerprint density at radius 2 is 2.23 bits per heavy atom. The fourth-order valence-corrected chi connectivity index (χ4v) is 1.97. The molecule has 0 spiro atoms. The summed E-state index contributed by atoms with van der Waals surface area (Å²) < 4.78 is 19.0. The number of carbonyl (C=O) groups excluding carboxylic acids is 1. The van der Waals surface area contributed by atoms with Crippen molar-refractivity contribution in [2.75, 3.05) is 11.9 Å². The maximum absolute atomic E-state index is 13.4. The summed E-state index contributed by atoms with van der Waals surface area (Å²) in [6.07, 6.45) is 3.65. The number of anilines is 1. The molecular weight excluding hydrogens is 287 g/mol. The Hall–Kier alpha value is -2.63. The number of ether oxygens (including phenoxy) is 1. The van der Waals surface area contributed by atoms with Crippen LogP contribution in [0.5, 0.6) is 11.5 Å². The summed E-state index contributed by atoms with van der Waals surface area (Å²) >= 11 is 0. The van der Waals surface area contributed by atoms with E-state index in [2.05, 4.69) is 10.3 Å². The second-order valence-electron chi connectivity index (χ2n) is 5.22. The summed E-state index contributed by atoms with van der Waals surface area (Å²) in [7, 11) is 0.